The topological polar surface area (TPSA) is 29.5 Å². The molecule has 0 aromatic heterocycles. The summed E-state index contributed by atoms with van der Waals surface area (Å²) < 4.78 is 5.24. The Kier molecular flexibility index (Phi) is 2.73. The van der Waals surface area contributed by atoms with Crippen LogP contribution in [0.4, 0.5) is 0 Å². The Morgan fingerprint density at radius 3 is 2.58 bits per heavy atom. The summed E-state index contributed by atoms with van der Waals surface area (Å²) in [6, 6.07) is 0. The third kappa shape index (κ3) is 1.78. The van der Waals surface area contributed by atoms with Gasteiger partial charge in [-0.1, -0.05) is 6.92 Å². The molecule has 0 saturated carbocycles. The second-order valence-electron chi connectivity index (χ2n) is 3.65. The van der Waals surface area contributed by atoms with Crippen LogP contribution in [0.5, 0.6) is 0 Å². The Balaban J connectivity index is 2.29. The lowest BCUT2D eigenvalue weighted by Crippen LogP contribution is -2.62. The molecule has 3 heteroatoms. The monoisotopic (exact) mass is 171 g/mol. The van der Waals surface area contributed by atoms with E-state index in [4.69, 9.17) is 4.74 Å². The van der Waals surface area contributed by atoms with E-state index in [0.29, 0.717) is 6.42 Å². The van der Waals surface area contributed by atoms with Gasteiger partial charge in [0.1, 0.15) is 0 Å². The molecule has 0 unspecified atom stereocenters. The molecule has 0 N–H and O–H groups in total. The first-order valence-electron chi connectivity index (χ1n) is 4.44. The van der Waals surface area contributed by atoms with Crippen molar-refractivity contribution >= 4 is 5.91 Å². The summed E-state index contributed by atoms with van der Waals surface area (Å²) in [7, 11) is 1.70. The van der Waals surface area contributed by atoms with Gasteiger partial charge in [0, 0.05) is 13.5 Å². The van der Waals surface area contributed by atoms with Gasteiger partial charge in [-0.05, 0) is 13.3 Å². The first-order chi connectivity index (χ1) is 5.61. The van der Waals surface area contributed by atoms with Gasteiger partial charge in [0.15, 0.2) is 0 Å². The maximum atomic E-state index is 11.3. The number of hydrogen-bond acceptors (Lipinski definition) is 2. The van der Waals surface area contributed by atoms with Crippen molar-refractivity contribution in [2.45, 2.75) is 32.3 Å². The lowest BCUT2D eigenvalue weighted by Gasteiger charge is -2.46. The number of likely N-dealkylation sites (tertiary alicyclic amines) is 1. The van der Waals surface area contributed by atoms with Crippen LogP contribution in [0.2, 0.25) is 0 Å². The summed E-state index contributed by atoms with van der Waals surface area (Å²) >= 11 is 0. The quantitative estimate of drug-likeness (QED) is 0.635. The number of methoxy groups -OCH3 is 1. The first-order valence-corrected chi connectivity index (χ1v) is 4.44. The van der Waals surface area contributed by atoms with Crippen LogP contribution in [0.3, 0.4) is 0 Å². The highest BCUT2D eigenvalue weighted by atomic mass is 16.5. The minimum absolute atomic E-state index is 0.0800. The zero-order valence-corrected chi connectivity index (χ0v) is 8.09. The smallest absolute Gasteiger partial charge is 0.222 e. The maximum absolute atomic E-state index is 11.3. The second-order valence-corrected chi connectivity index (χ2v) is 3.65. The molecular weight excluding hydrogens is 154 g/mol. The van der Waals surface area contributed by atoms with Crippen LogP contribution in [-0.2, 0) is 9.53 Å². The summed E-state index contributed by atoms with van der Waals surface area (Å²) in [5, 5.41) is 0. The average Bonchev–Trinajstić information content (AvgIpc) is 1.99. The fourth-order valence-corrected chi connectivity index (χ4v) is 1.44. The molecule has 1 fully saturated rings. The number of rotatable bonds is 3. The van der Waals surface area contributed by atoms with Crippen molar-refractivity contribution in [3.05, 3.63) is 0 Å². The van der Waals surface area contributed by atoms with Crippen LogP contribution < -0.4 is 0 Å². The number of amides is 1. The van der Waals surface area contributed by atoms with E-state index < -0.39 is 0 Å². The lowest BCUT2D eigenvalue weighted by atomic mass is 9.96. The molecule has 3 nitrogen and oxygen atoms in total. The van der Waals surface area contributed by atoms with E-state index in [9.17, 15) is 4.79 Å². The number of ether oxygens (including phenoxy) is 1. The molecule has 0 aromatic carbocycles. The molecule has 1 amide bonds. The van der Waals surface area contributed by atoms with Gasteiger partial charge in [-0.3, -0.25) is 4.79 Å². The molecule has 0 aromatic rings. The lowest BCUT2D eigenvalue weighted by molar-refractivity contribution is -0.157. The Labute approximate surface area is 73.7 Å². The summed E-state index contributed by atoms with van der Waals surface area (Å²) in [5.74, 6) is 0.257. The summed E-state index contributed by atoms with van der Waals surface area (Å²) in [6.07, 6.45) is 1.60. The van der Waals surface area contributed by atoms with Crippen LogP contribution in [0.25, 0.3) is 0 Å². The molecule has 1 rings (SSSR count). The zero-order valence-electron chi connectivity index (χ0n) is 8.09. The predicted molar refractivity (Wildman–Crippen MR) is 46.9 cm³/mol. The van der Waals surface area contributed by atoms with E-state index in [1.165, 1.54) is 0 Å². The van der Waals surface area contributed by atoms with Gasteiger partial charge in [-0.15, -0.1) is 0 Å². The van der Waals surface area contributed by atoms with Gasteiger partial charge in [0.05, 0.1) is 18.7 Å². The van der Waals surface area contributed by atoms with Crippen LogP contribution in [0.1, 0.15) is 26.7 Å². The molecule has 0 radical (unpaired) electrons. The first kappa shape index (κ1) is 9.52. The summed E-state index contributed by atoms with van der Waals surface area (Å²) in [4.78, 5) is 13.2. The van der Waals surface area contributed by atoms with Crippen molar-refractivity contribution in [1.82, 2.24) is 4.90 Å². The van der Waals surface area contributed by atoms with Gasteiger partial charge < -0.3 is 9.64 Å². The second kappa shape index (κ2) is 3.44. The maximum Gasteiger partial charge on any atom is 0.222 e. The molecule has 1 aliphatic heterocycles. The van der Waals surface area contributed by atoms with Gasteiger partial charge in [0.25, 0.3) is 0 Å². The molecule has 0 atom stereocenters. The molecule has 70 valence electrons. The largest absolute Gasteiger partial charge is 0.375 e. The van der Waals surface area contributed by atoms with Crippen molar-refractivity contribution in [3.8, 4) is 0 Å². The Morgan fingerprint density at radius 1 is 1.58 bits per heavy atom. The molecule has 12 heavy (non-hydrogen) atoms. The molecule has 0 aliphatic carbocycles. The predicted octanol–water partition coefficient (Wildman–Crippen LogP) is 1.03. The third-order valence-corrected chi connectivity index (χ3v) is 2.36. The SMILES string of the molecule is CCCC(=O)N1CC(C)(OC)C1. The van der Waals surface area contributed by atoms with Crippen molar-refractivity contribution in [2.24, 2.45) is 0 Å². The van der Waals surface area contributed by atoms with E-state index in [-0.39, 0.29) is 11.5 Å². The Morgan fingerprint density at radius 2 is 2.17 bits per heavy atom. The standard InChI is InChI=1S/C9H17NO2/c1-4-5-8(11)10-6-9(2,7-10)12-3/h4-7H2,1-3H3. The minimum atomic E-state index is -0.0800. The normalized spacial score (nSPS) is 20.4. The van der Waals surface area contributed by atoms with Gasteiger partial charge in [-0.2, -0.15) is 0 Å². The molecule has 1 saturated heterocycles. The van der Waals surface area contributed by atoms with E-state index in [0.717, 1.165) is 19.5 Å². The average molecular weight is 171 g/mol. The minimum Gasteiger partial charge on any atom is -0.375 e. The van der Waals surface area contributed by atoms with Crippen molar-refractivity contribution in [1.29, 1.82) is 0 Å². The Hall–Kier alpha value is -0.570. The molecular formula is C9H17NO2. The highest BCUT2D eigenvalue weighted by Gasteiger charge is 2.40. The van der Waals surface area contributed by atoms with Crippen molar-refractivity contribution < 1.29 is 9.53 Å². The number of carbonyl (C=O) groups excluding carboxylic acids is 1. The Bertz CT molecular complexity index is 173. The fraction of sp³-hybridized carbons (Fsp3) is 0.889. The summed E-state index contributed by atoms with van der Waals surface area (Å²) in [6.45, 7) is 5.56. The van der Waals surface area contributed by atoms with Crippen LogP contribution in [0, 0.1) is 0 Å². The van der Waals surface area contributed by atoms with Gasteiger partial charge >= 0.3 is 0 Å². The van der Waals surface area contributed by atoms with Crippen LogP contribution >= 0.6 is 0 Å². The van der Waals surface area contributed by atoms with Crippen molar-refractivity contribution in [2.75, 3.05) is 20.2 Å². The number of nitrogens with zero attached hydrogens (tertiary/aromatic N) is 1. The zero-order chi connectivity index (χ0) is 9.19. The molecule has 0 spiro atoms. The van der Waals surface area contributed by atoms with E-state index in [1.54, 1.807) is 7.11 Å². The van der Waals surface area contributed by atoms with E-state index >= 15 is 0 Å². The molecule has 0 bridgehead atoms. The molecule has 1 heterocycles. The third-order valence-electron chi connectivity index (χ3n) is 2.36. The highest BCUT2D eigenvalue weighted by Crippen LogP contribution is 2.24. The van der Waals surface area contributed by atoms with Crippen LogP contribution in [-0.4, -0.2) is 36.6 Å². The van der Waals surface area contributed by atoms with Crippen molar-refractivity contribution in [3.63, 3.8) is 0 Å². The van der Waals surface area contributed by atoms with Gasteiger partial charge in [0.2, 0.25) is 5.91 Å². The summed E-state index contributed by atoms with van der Waals surface area (Å²) in [5.41, 5.74) is -0.0800. The van der Waals surface area contributed by atoms with Gasteiger partial charge in [-0.25, -0.2) is 0 Å². The number of carbonyl (C=O) groups is 1. The highest BCUT2D eigenvalue weighted by molar-refractivity contribution is 5.77. The molecule has 1 aliphatic rings. The van der Waals surface area contributed by atoms with E-state index in [2.05, 4.69) is 0 Å². The van der Waals surface area contributed by atoms with E-state index in [1.807, 2.05) is 18.7 Å². The van der Waals surface area contributed by atoms with Crippen LogP contribution in [0.15, 0.2) is 0 Å². The fourth-order valence-electron chi connectivity index (χ4n) is 1.44. The number of hydrogen-bond donors (Lipinski definition) is 0.